The standard InChI is InChI=1S/C19H26NO2P/c1-5-23(22,6-2)18(12-16-8-7-9-20-13-16)17-10-14(3)19(21)15(4)11-17/h7-11,13,18,21H,5-6,12H2,1-4H3. The molecule has 0 saturated heterocycles. The minimum atomic E-state index is -2.34. The van der Waals surface area contributed by atoms with Crippen LogP contribution in [0.5, 0.6) is 5.75 Å². The predicted molar refractivity (Wildman–Crippen MR) is 97.0 cm³/mol. The zero-order valence-electron chi connectivity index (χ0n) is 14.4. The number of phenolic OH excluding ortho intramolecular Hbond substituents is 1. The fourth-order valence-electron chi connectivity index (χ4n) is 3.14. The molecule has 0 aliphatic rings. The van der Waals surface area contributed by atoms with Crippen molar-refractivity contribution in [2.75, 3.05) is 12.3 Å². The number of phenols is 1. The highest BCUT2D eigenvalue weighted by molar-refractivity contribution is 7.64. The average Bonchev–Trinajstić information content (AvgIpc) is 2.57. The summed E-state index contributed by atoms with van der Waals surface area (Å²) in [6.07, 6.45) is 5.70. The van der Waals surface area contributed by atoms with Crippen molar-refractivity contribution in [3.05, 3.63) is 58.9 Å². The molecule has 1 atom stereocenters. The van der Waals surface area contributed by atoms with E-state index in [1.54, 1.807) is 6.20 Å². The van der Waals surface area contributed by atoms with E-state index in [0.717, 1.165) is 28.7 Å². The van der Waals surface area contributed by atoms with E-state index in [1.807, 2.05) is 58.2 Å². The summed E-state index contributed by atoms with van der Waals surface area (Å²) in [5.41, 5.74) is 3.82. The van der Waals surface area contributed by atoms with Gasteiger partial charge in [-0.3, -0.25) is 4.98 Å². The lowest BCUT2D eigenvalue weighted by atomic mass is 10.00. The van der Waals surface area contributed by atoms with Gasteiger partial charge in [0, 0.05) is 18.1 Å². The Labute approximate surface area is 139 Å². The minimum absolute atomic E-state index is 0.0281. The van der Waals surface area contributed by atoms with Crippen LogP contribution in [0.4, 0.5) is 0 Å². The van der Waals surface area contributed by atoms with Gasteiger partial charge in [0.1, 0.15) is 5.75 Å². The third-order valence-electron chi connectivity index (χ3n) is 4.69. The van der Waals surface area contributed by atoms with Crippen LogP contribution in [0.3, 0.4) is 0 Å². The van der Waals surface area contributed by atoms with Crippen LogP contribution >= 0.6 is 7.14 Å². The quantitative estimate of drug-likeness (QED) is 0.750. The highest BCUT2D eigenvalue weighted by atomic mass is 31.2. The van der Waals surface area contributed by atoms with Crippen molar-refractivity contribution in [3.8, 4) is 5.75 Å². The number of benzene rings is 1. The van der Waals surface area contributed by atoms with Crippen molar-refractivity contribution in [2.45, 2.75) is 39.8 Å². The highest BCUT2D eigenvalue weighted by Gasteiger charge is 2.31. The molecule has 1 N–H and O–H groups in total. The van der Waals surface area contributed by atoms with Crippen molar-refractivity contribution in [1.82, 2.24) is 4.98 Å². The van der Waals surface area contributed by atoms with E-state index in [2.05, 4.69) is 4.98 Å². The van der Waals surface area contributed by atoms with Crippen molar-refractivity contribution in [1.29, 1.82) is 0 Å². The van der Waals surface area contributed by atoms with E-state index in [0.29, 0.717) is 18.1 Å². The Kier molecular flexibility index (Phi) is 5.64. The molecular weight excluding hydrogens is 305 g/mol. The van der Waals surface area contributed by atoms with Crippen LogP contribution in [0.1, 0.15) is 41.8 Å². The molecule has 0 fully saturated rings. The zero-order valence-corrected chi connectivity index (χ0v) is 15.3. The van der Waals surface area contributed by atoms with E-state index < -0.39 is 7.14 Å². The minimum Gasteiger partial charge on any atom is -0.507 e. The van der Waals surface area contributed by atoms with Gasteiger partial charge in [-0.2, -0.15) is 0 Å². The normalized spacial score (nSPS) is 13.0. The van der Waals surface area contributed by atoms with Crippen LogP contribution < -0.4 is 0 Å². The molecule has 3 nitrogen and oxygen atoms in total. The molecule has 1 heterocycles. The molecule has 0 bridgehead atoms. The summed E-state index contributed by atoms with van der Waals surface area (Å²) in [4.78, 5) is 4.18. The first kappa shape index (κ1) is 17.7. The summed E-state index contributed by atoms with van der Waals surface area (Å²) in [7, 11) is -2.34. The van der Waals surface area contributed by atoms with Gasteiger partial charge in [-0.1, -0.05) is 32.0 Å². The van der Waals surface area contributed by atoms with Gasteiger partial charge in [-0.15, -0.1) is 0 Å². The lowest BCUT2D eigenvalue weighted by Crippen LogP contribution is -2.09. The molecule has 2 rings (SSSR count). The number of pyridine rings is 1. The van der Waals surface area contributed by atoms with Gasteiger partial charge >= 0.3 is 0 Å². The number of nitrogens with zero attached hydrogens (tertiary/aromatic N) is 1. The van der Waals surface area contributed by atoms with Crippen molar-refractivity contribution >= 4 is 7.14 Å². The SMILES string of the molecule is CCP(=O)(CC)C(Cc1cccnc1)c1cc(C)c(O)c(C)c1. The van der Waals surface area contributed by atoms with Crippen molar-refractivity contribution in [3.63, 3.8) is 0 Å². The molecule has 124 valence electrons. The summed E-state index contributed by atoms with van der Waals surface area (Å²) in [5, 5.41) is 10.0. The second-order valence-electron chi connectivity index (χ2n) is 6.17. The fourth-order valence-corrected chi connectivity index (χ4v) is 5.71. The number of hydrogen-bond acceptors (Lipinski definition) is 3. The third-order valence-corrected chi connectivity index (χ3v) is 8.45. The highest BCUT2D eigenvalue weighted by Crippen LogP contribution is 2.60. The van der Waals surface area contributed by atoms with E-state index in [4.69, 9.17) is 0 Å². The smallest absolute Gasteiger partial charge is 0.121 e. The summed E-state index contributed by atoms with van der Waals surface area (Å²) in [6.45, 7) is 7.83. The molecule has 23 heavy (non-hydrogen) atoms. The van der Waals surface area contributed by atoms with Gasteiger partial charge in [-0.25, -0.2) is 0 Å². The zero-order chi connectivity index (χ0) is 17.0. The number of aryl methyl sites for hydroxylation is 2. The van der Waals surface area contributed by atoms with Gasteiger partial charge in [0.15, 0.2) is 0 Å². The van der Waals surface area contributed by atoms with Crippen LogP contribution in [0, 0.1) is 13.8 Å². The maximum atomic E-state index is 13.5. The van der Waals surface area contributed by atoms with E-state index in [1.165, 1.54) is 0 Å². The number of aromatic hydroxyl groups is 1. The average molecular weight is 331 g/mol. The number of rotatable bonds is 6. The Bertz CT molecular complexity index is 682. The summed E-state index contributed by atoms with van der Waals surface area (Å²) in [5.74, 6) is 0.330. The van der Waals surface area contributed by atoms with Crippen LogP contribution in [-0.2, 0) is 11.0 Å². The maximum absolute atomic E-state index is 13.5. The molecule has 1 unspecified atom stereocenters. The first-order chi connectivity index (χ1) is 10.9. The van der Waals surface area contributed by atoms with Crippen LogP contribution in [0.15, 0.2) is 36.7 Å². The molecule has 0 aliphatic heterocycles. The van der Waals surface area contributed by atoms with E-state index in [-0.39, 0.29) is 5.66 Å². The molecule has 0 aliphatic carbocycles. The maximum Gasteiger partial charge on any atom is 0.121 e. The topological polar surface area (TPSA) is 50.2 Å². The van der Waals surface area contributed by atoms with Crippen LogP contribution in [0.2, 0.25) is 0 Å². The first-order valence-corrected chi connectivity index (χ1v) is 10.3. The lowest BCUT2D eigenvalue weighted by Gasteiger charge is -2.27. The summed E-state index contributed by atoms with van der Waals surface area (Å²) >= 11 is 0. The third kappa shape index (κ3) is 3.84. The number of aromatic nitrogens is 1. The fraction of sp³-hybridized carbons (Fsp3) is 0.421. The van der Waals surface area contributed by atoms with Gasteiger partial charge in [0.2, 0.25) is 0 Å². The molecule has 0 amide bonds. The Balaban J connectivity index is 2.51. The summed E-state index contributed by atoms with van der Waals surface area (Å²) in [6, 6.07) is 7.93. The van der Waals surface area contributed by atoms with E-state index in [9.17, 15) is 9.67 Å². The van der Waals surface area contributed by atoms with Gasteiger partial charge in [-0.05, 0) is 60.9 Å². The molecule has 0 saturated carbocycles. The molecule has 0 spiro atoms. The molecule has 2 aromatic rings. The molecule has 4 heteroatoms. The Hall–Kier alpha value is -1.60. The number of hydrogen-bond donors (Lipinski definition) is 1. The predicted octanol–water partition coefficient (Wildman–Crippen LogP) is 5.09. The largest absolute Gasteiger partial charge is 0.507 e. The van der Waals surface area contributed by atoms with Crippen LogP contribution in [-0.4, -0.2) is 22.4 Å². The van der Waals surface area contributed by atoms with Gasteiger partial charge < -0.3 is 9.67 Å². The van der Waals surface area contributed by atoms with Gasteiger partial charge in [0.25, 0.3) is 0 Å². The Morgan fingerprint density at radius 3 is 2.26 bits per heavy atom. The first-order valence-electron chi connectivity index (χ1n) is 8.18. The Morgan fingerprint density at radius 2 is 1.78 bits per heavy atom. The molecular formula is C19H26NO2P. The van der Waals surface area contributed by atoms with E-state index >= 15 is 0 Å². The second-order valence-corrected chi connectivity index (χ2v) is 9.96. The molecule has 1 aromatic carbocycles. The second kappa shape index (κ2) is 7.31. The molecule has 1 aromatic heterocycles. The monoisotopic (exact) mass is 331 g/mol. The molecule has 0 radical (unpaired) electrons. The van der Waals surface area contributed by atoms with Crippen molar-refractivity contribution < 1.29 is 9.67 Å². The summed E-state index contributed by atoms with van der Waals surface area (Å²) < 4.78 is 13.5. The lowest BCUT2D eigenvalue weighted by molar-refractivity contribution is 0.466. The van der Waals surface area contributed by atoms with Gasteiger partial charge in [0.05, 0.1) is 7.14 Å². The van der Waals surface area contributed by atoms with Crippen molar-refractivity contribution in [2.24, 2.45) is 0 Å². The Morgan fingerprint density at radius 1 is 1.17 bits per heavy atom. The van der Waals surface area contributed by atoms with Crippen LogP contribution in [0.25, 0.3) is 0 Å².